The standard InChI is InChI=1S/C15H19N3O2S/c1-5-20-13(19)15(3,4)12-9-21-14(18-12)17-11-7-6-10(2)16-8-11/h6-9H,5H2,1-4H3,(H,17,18). The summed E-state index contributed by atoms with van der Waals surface area (Å²) < 4.78 is 5.10. The number of hydrogen-bond acceptors (Lipinski definition) is 6. The Morgan fingerprint density at radius 1 is 1.43 bits per heavy atom. The number of aromatic nitrogens is 2. The van der Waals surface area contributed by atoms with Crippen LogP contribution in [-0.2, 0) is 14.9 Å². The quantitative estimate of drug-likeness (QED) is 0.857. The second-order valence-corrected chi connectivity index (χ2v) is 6.05. The molecule has 0 unspecified atom stereocenters. The number of carbonyl (C=O) groups excluding carboxylic acids is 1. The molecule has 2 aromatic heterocycles. The van der Waals surface area contributed by atoms with Gasteiger partial charge in [-0.2, -0.15) is 0 Å². The first-order valence-corrected chi connectivity index (χ1v) is 7.64. The zero-order chi connectivity index (χ0) is 15.5. The summed E-state index contributed by atoms with van der Waals surface area (Å²) in [5.74, 6) is -0.265. The highest BCUT2D eigenvalue weighted by molar-refractivity contribution is 7.13. The van der Waals surface area contributed by atoms with Gasteiger partial charge < -0.3 is 10.1 Å². The topological polar surface area (TPSA) is 64.1 Å². The molecule has 6 heteroatoms. The number of nitrogens with one attached hydrogen (secondary N) is 1. The number of esters is 1. The number of thiazole rings is 1. The van der Waals surface area contributed by atoms with E-state index in [1.165, 1.54) is 11.3 Å². The number of hydrogen-bond donors (Lipinski definition) is 1. The van der Waals surface area contributed by atoms with E-state index in [1.807, 2.05) is 38.3 Å². The van der Waals surface area contributed by atoms with Gasteiger partial charge >= 0.3 is 5.97 Å². The van der Waals surface area contributed by atoms with Crippen molar-refractivity contribution in [2.45, 2.75) is 33.1 Å². The monoisotopic (exact) mass is 305 g/mol. The molecule has 0 aliphatic carbocycles. The summed E-state index contributed by atoms with van der Waals surface area (Å²) in [4.78, 5) is 20.7. The molecule has 5 nitrogen and oxygen atoms in total. The van der Waals surface area contributed by atoms with Gasteiger partial charge in [-0.15, -0.1) is 11.3 Å². The van der Waals surface area contributed by atoms with Crippen LogP contribution in [0.2, 0.25) is 0 Å². The Morgan fingerprint density at radius 2 is 2.19 bits per heavy atom. The molecule has 21 heavy (non-hydrogen) atoms. The van der Waals surface area contributed by atoms with E-state index in [4.69, 9.17) is 4.74 Å². The second-order valence-electron chi connectivity index (χ2n) is 5.20. The Morgan fingerprint density at radius 3 is 2.81 bits per heavy atom. The fraction of sp³-hybridized carbons (Fsp3) is 0.400. The minimum absolute atomic E-state index is 0.265. The van der Waals surface area contributed by atoms with Crippen molar-refractivity contribution in [3.63, 3.8) is 0 Å². The van der Waals surface area contributed by atoms with Gasteiger partial charge in [0.15, 0.2) is 5.13 Å². The molecule has 0 aliphatic rings. The average molecular weight is 305 g/mol. The molecule has 0 bridgehead atoms. The molecule has 0 atom stereocenters. The summed E-state index contributed by atoms with van der Waals surface area (Å²) in [5.41, 5.74) is 1.78. The summed E-state index contributed by atoms with van der Waals surface area (Å²) in [7, 11) is 0. The Hall–Kier alpha value is -1.95. The van der Waals surface area contributed by atoms with E-state index in [0.29, 0.717) is 12.3 Å². The number of pyridine rings is 1. The van der Waals surface area contributed by atoms with Crippen molar-refractivity contribution < 1.29 is 9.53 Å². The fourth-order valence-electron chi connectivity index (χ4n) is 1.70. The van der Waals surface area contributed by atoms with Crippen LogP contribution in [0.1, 0.15) is 32.2 Å². The minimum Gasteiger partial charge on any atom is -0.465 e. The lowest BCUT2D eigenvalue weighted by atomic mass is 9.90. The predicted octanol–water partition coefficient (Wildman–Crippen LogP) is 3.43. The molecule has 112 valence electrons. The smallest absolute Gasteiger partial charge is 0.317 e. The van der Waals surface area contributed by atoms with Gasteiger partial charge in [0.05, 0.1) is 24.2 Å². The average Bonchev–Trinajstić information content (AvgIpc) is 2.91. The van der Waals surface area contributed by atoms with Crippen molar-refractivity contribution in [3.8, 4) is 0 Å². The van der Waals surface area contributed by atoms with Crippen molar-refractivity contribution in [1.29, 1.82) is 0 Å². The molecule has 2 heterocycles. The maximum absolute atomic E-state index is 12.0. The lowest BCUT2D eigenvalue weighted by Crippen LogP contribution is -2.31. The van der Waals surface area contributed by atoms with E-state index >= 15 is 0 Å². The molecule has 0 saturated heterocycles. The predicted molar refractivity (Wildman–Crippen MR) is 84.0 cm³/mol. The van der Waals surface area contributed by atoms with E-state index in [2.05, 4.69) is 15.3 Å². The Bertz CT molecular complexity index is 620. The third-order valence-electron chi connectivity index (χ3n) is 3.09. The van der Waals surface area contributed by atoms with E-state index in [0.717, 1.165) is 16.5 Å². The van der Waals surface area contributed by atoms with Crippen molar-refractivity contribution in [2.24, 2.45) is 0 Å². The Labute approximate surface area is 128 Å². The molecule has 0 spiro atoms. The van der Waals surface area contributed by atoms with Crippen LogP contribution >= 0.6 is 11.3 Å². The first-order valence-electron chi connectivity index (χ1n) is 6.76. The molecule has 1 N–H and O–H groups in total. The second kappa shape index (κ2) is 6.22. The number of nitrogens with zero attached hydrogens (tertiary/aromatic N) is 2. The Balaban J connectivity index is 2.14. The number of rotatable bonds is 5. The van der Waals surface area contributed by atoms with Crippen molar-refractivity contribution in [3.05, 3.63) is 35.1 Å². The SMILES string of the molecule is CCOC(=O)C(C)(C)c1csc(Nc2ccc(C)nc2)n1. The zero-order valence-electron chi connectivity index (χ0n) is 12.6. The van der Waals surface area contributed by atoms with Crippen LogP contribution in [0.15, 0.2) is 23.7 Å². The highest BCUT2D eigenvalue weighted by Gasteiger charge is 2.33. The normalized spacial score (nSPS) is 11.2. The van der Waals surface area contributed by atoms with Gasteiger partial charge in [0.2, 0.25) is 0 Å². The van der Waals surface area contributed by atoms with Gasteiger partial charge in [-0.05, 0) is 39.8 Å². The van der Waals surface area contributed by atoms with Gasteiger partial charge in [-0.3, -0.25) is 9.78 Å². The maximum atomic E-state index is 12.0. The molecule has 2 aromatic rings. The van der Waals surface area contributed by atoms with E-state index in [1.54, 1.807) is 13.1 Å². The summed E-state index contributed by atoms with van der Waals surface area (Å²) in [5, 5.41) is 5.79. The molecule has 0 aromatic carbocycles. The molecular weight excluding hydrogens is 286 g/mol. The molecular formula is C15H19N3O2S. The van der Waals surface area contributed by atoms with Crippen LogP contribution < -0.4 is 5.32 Å². The molecule has 0 fully saturated rings. The number of ether oxygens (including phenoxy) is 1. The van der Waals surface area contributed by atoms with Gasteiger partial charge in [-0.1, -0.05) is 0 Å². The van der Waals surface area contributed by atoms with Gasteiger partial charge in [-0.25, -0.2) is 4.98 Å². The highest BCUT2D eigenvalue weighted by atomic mass is 32.1. The first-order chi connectivity index (χ1) is 9.93. The molecule has 0 aliphatic heterocycles. The third kappa shape index (κ3) is 3.58. The van der Waals surface area contributed by atoms with E-state index in [9.17, 15) is 4.79 Å². The summed E-state index contributed by atoms with van der Waals surface area (Å²) >= 11 is 1.45. The molecule has 0 amide bonds. The largest absolute Gasteiger partial charge is 0.465 e. The third-order valence-corrected chi connectivity index (χ3v) is 3.85. The van der Waals surface area contributed by atoms with Crippen molar-refractivity contribution in [2.75, 3.05) is 11.9 Å². The fourth-order valence-corrected chi connectivity index (χ4v) is 2.60. The van der Waals surface area contributed by atoms with Crippen LogP contribution in [0.4, 0.5) is 10.8 Å². The van der Waals surface area contributed by atoms with Crippen LogP contribution in [0.3, 0.4) is 0 Å². The molecule has 0 saturated carbocycles. The van der Waals surface area contributed by atoms with Crippen LogP contribution in [-0.4, -0.2) is 22.5 Å². The zero-order valence-corrected chi connectivity index (χ0v) is 13.5. The van der Waals surface area contributed by atoms with Crippen molar-refractivity contribution in [1.82, 2.24) is 9.97 Å². The highest BCUT2D eigenvalue weighted by Crippen LogP contribution is 2.29. The van der Waals surface area contributed by atoms with Gasteiger partial charge in [0, 0.05) is 11.1 Å². The lowest BCUT2D eigenvalue weighted by Gasteiger charge is -2.19. The van der Waals surface area contributed by atoms with Gasteiger partial charge in [0.25, 0.3) is 0 Å². The maximum Gasteiger partial charge on any atom is 0.317 e. The Kier molecular flexibility index (Phi) is 4.57. The molecule has 2 rings (SSSR count). The lowest BCUT2D eigenvalue weighted by molar-refractivity contribution is -0.148. The number of anilines is 2. The van der Waals surface area contributed by atoms with Crippen LogP contribution in [0, 0.1) is 6.92 Å². The number of aryl methyl sites for hydroxylation is 1. The van der Waals surface area contributed by atoms with Crippen LogP contribution in [0.5, 0.6) is 0 Å². The van der Waals surface area contributed by atoms with E-state index in [-0.39, 0.29) is 5.97 Å². The number of carbonyl (C=O) groups is 1. The van der Waals surface area contributed by atoms with Crippen LogP contribution in [0.25, 0.3) is 0 Å². The minimum atomic E-state index is -0.752. The summed E-state index contributed by atoms with van der Waals surface area (Å²) in [6.45, 7) is 7.74. The van der Waals surface area contributed by atoms with Gasteiger partial charge in [0.1, 0.15) is 5.41 Å². The summed E-state index contributed by atoms with van der Waals surface area (Å²) in [6, 6.07) is 3.87. The molecule has 0 radical (unpaired) electrons. The summed E-state index contributed by atoms with van der Waals surface area (Å²) in [6.07, 6.45) is 1.76. The van der Waals surface area contributed by atoms with Crippen molar-refractivity contribution >= 4 is 28.1 Å². The first kappa shape index (κ1) is 15.4. The van der Waals surface area contributed by atoms with E-state index < -0.39 is 5.41 Å².